The van der Waals surface area contributed by atoms with E-state index in [-0.39, 0.29) is 0 Å². The number of benzene rings is 1. The topological polar surface area (TPSA) is 77.0 Å². The second-order valence-corrected chi connectivity index (χ2v) is 5.81. The van der Waals surface area contributed by atoms with Gasteiger partial charge in [-0.25, -0.2) is 4.63 Å². The Labute approximate surface area is 118 Å². The summed E-state index contributed by atoms with van der Waals surface area (Å²) in [4.78, 5) is 0. The van der Waals surface area contributed by atoms with Crippen molar-refractivity contribution >= 4 is 22.4 Å². The van der Waals surface area contributed by atoms with Gasteiger partial charge < -0.3 is 11.1 Å². The summed E-state index contributed by atoms with van der Waals surface area (Å²) in [6.07, 6.45) is 7.75. The van der Waals surface area contributed by atoms with E-state index in [1.807, 2.05) is 12.1 Å². The van der Waals surface area contributed by atoms with Crippen LogP contribution >= 0.6 is 0 Å². The molecule has 0 saturated heterocycles. The van der Waals surface area contributed by atoms with Crippen molar-refractivity contribution in [3.05, 3.63) is 12.1 Å². The summed E-state index contributed by atoms with van der Waals surface area (Å²) in [5, 5.41) is 11.4. The molecular formula is C15H22N4O. The second-order valence-electron chi connectivity index (χ2n) is 5.81. The van der Waals surface area contributed by atoms with E-state index in [0.29, 0.717) is 17.2 Å². The molecule has 1 fully saturated rings. The maximum Gasteiger partial charge on any atom is 0.160 e. The van der Waals surface area contributed by atoms with Gasteiger partial charge in [-0.1, -0.05) is 19.8 Å². The number of nitrogens with zero attached hydrogens (tertiary/aromatic N) is 2. The van der Waals surface area contributed by atoms with Gasteiger partial charge in [0.15, 0.2) is 11.0 Å². The van der Waals surface area contributed by atoms with E-state index in [2.05, 4.69) is 22.6 Å². The van der Waals surface area contributed by atoms with Crippen LogP contribution in [0.15, 0.2) is 16.8 Å². The lowest BCUT2D eigenvalue weighted by Gasteiger charge is -2.29. The molecule has 5 nitrogen and oxygen atoms in total. The Bertz CT molecular complexity index is 572. The number of fused-ring (bicyclic) bond motifs is 1. The molecule has 0 bridgehead atoms. The van der Waals surface area contributed by atoms with E-state index >= 15 is 0 Å². The zero-order chi connectivity index (χ0) is 13.9. The fourth-order valence-electron chi connectivity index (χ4n) is 3.23. The number of nitrogen functional groups attached to an aromatic ring is 1. The minimum Gasteiger partial charge on any atom is -0.397 e. The molecule has 1 aromatic carbocycles. The molecule has 0 spiro atoms. The quantitative estimate of drug-likeness (QED) is 0.833. The minimum atomic E-state index is 0.520. The third-order valence-electron chi connectivity index (χ3n) is 4.35. The SMILES string of the molecule is CCCC1CCC(Nc2ccc(N)c3nonc23)CC1. The predicted molar refractivity (Wildman–Crippen MR) is 80.5 cm³/mol. The van der Waals surface area contributed by atoms with Gasteiger partial charge in [0.2, 0.25) is 0 Å². The summed E-state index contributed by atoms with van der Waals surface area (Å²) in [6, 6.07) is 4.35. The molecule has 1 saturated carbocycles. The van der Waals surface area contributed by atoms with Gasteiger partial charge >= 0.3 is 0 Å². The van der Waals surface area contributed by atoms with Crippen LogP contribution in [0.4, 0.5) is 11.4 Å². The van der Waals surface area contributed by atoms with E-state index in [1.54, 1.807) is 0 Å². The molecule has 20 heavy (non-hydrogen) atoms. The normalized spacial score (nSPS) is 23.1. The van der Waals surface area contributed by atoms with Crippen molar-refractivity contribution < 1.29 is 4.63 Å². The van der Waals surface area contributed by atoms with Gasteiger partial charge in [-0.15, -0.1) is 0 Å². The highest BCUT2D eigenvalue weighted by molar-refractivity contribution is 5.95. The van der Waals surface area contributed by atoms with E-state index in [0.717, 1.165) is 17.1 Å². The first-order valence-electron chi connectivity index (χ1n) is 7.55. The van der Waals surface area contributed by atoms with Crippen molar-refractivity contribution in [2.45, 2.75) is 51.5 Å². The van der Waals surface area contributed by atoms with Crippen LogP contribution in [0.1, 0.15) is 45.4 Å². The predicted octanol–water partition coefficient (Wildman–Crippen LogP) is 3.58. The molecule has 3 N–H and O–H groups in total. The van der Waals surface area contributed by atoms with Crippen molar-refractivity contribution in [1.29, 1.82) is 0 Å². The molecule has 0 radical (unpaired) electrons. The fourth-order valence-corrected chi connectivity index (χ4v) is 3.23. The van der Waals surface area contributed by atoms with Crippen molar-refractivity contribution in [2.75, 3.05) is 11.1 Å². The Morgan fingerprint density at radius 3 is 2.70 bits per heavy atom. The summed E-state index contributed by atoms with van der Waals surface area (Å²) < 4.78 is 4.80. The molecule has 2 aromatic rings. The Kier molecular flexibility index (Phi) is 3.76. The number of hydrogen-bond donors (Lipinski definition) is 2. The van der Waals surface area contributed by atoms with Crippen molar-refractivity contribution in [3.63, 3.8) is 0 Å². The van der Waals surface area contributed by atoms with Crippen LogP contribution in [0.25, 0.3) is 11.0 Å². The molecule has 0 unspecified atom stereocenters. The Balaban J connectivity index is 1.69. The summed E-state index contributed by atoms with van der Waals surface area (Å²) in [6.45, 7) is 2.27. The second kappa shape index (κ2) is 5.69. The Morgan fingerprint density at radius 1 is 1.20 bits per heavy atom. The zero-order valence-corrected chi connectivity index (χ0v) is 11.9. The number of nitrogens with one attached hydrogen (secondary N) is 1. The van der Waals surface area contributed by atoms with Crippen LogP contribution in [0.2, 0.25) is 0 Å². The first-order valence-corrected chi connectivity index (χ1v) is 7.55. The van der Waals surface area contributed by atoms with Crippen LogP contribution in [0.5, 0.6) is 0 Å². The number of hydrogen-bond acceptors (Lipinski definition) is 5. The highest BCUT2D eigenvalue weighted by atomic mass is 16.6. The molecular weight excluding hydrogens is 252 g/mol. The molecule has 5 heteroatoms. The van der Waals surface area contributed by atoms with E-state index in [9.17, 15) is 0 Å². The maximum absolute atomic E-state index is 5.86. The zero-order valence-electron chi connectivity index (χ0n) is 11.9. The van der Waals surface area contributed by atoms with Gasteiger partial charge in [0, 0.05) is 6.04 Å². The smallest absolute Gasteiger partial charge is 0.160 e. The summed E-state index contributed by atoms with van der Waals surface area (Å²) in [7, 11) is 0. The molecule has 0 atom stereocenters. The maximum atomic E-state index is 5.86. The minimum absolute atomic E-state index is 0.520. The van der Waals surface area contributed by atoms with Crippen LogP contribution in [-0.2, 0) is 0 Å². The third-order valence-corrected chi connectivity index (χ3v) is 4.35. The van der Waals surface area contributed by atoms with Crippen molar-refractivity contribution in [2.24, 2.45) is 5.92 Å². The molecule has 1 heterocycles. The van der Waals surface area contributed by atoms with Crippen LogP contribution in [-0.4, -0.2) is 16.4 Å². The molecule has 1 aliphatic carbocycles. The lowest BCUT2D eigenvalue weighted by Crippen LogP contribution is -2.26. The average Bonchev–Trinajstić information content (AvgIpc) is 2.95. The van der Waals surface area contributed by atoms with Crippen LogP contribution in [0, 0.1) is 5.92 Å². The standard InChI is InChI=1S/C15H22N4O/c1-2-3-10-4-6-11(7-5-10)17-13-9-8-12(16)14-15(13)19-20-18-14/h8-11,17H,2-7,16H2,1H3. The van der Waals surface area contributed by atoms with Crippen LogP contribution in [0.3, 0.4) is 0 Å². The van der Waals surface area contributed by atoms with E-state index in [1.165, 1.54) is 38.5 Å². The number of nitrogens with two attached hydrogens (primary N) is 1. The average molecular weight is 274 g/mol. The highest BCUT2D eigenvalue weighted by Crippen LogP contribution is 2.31. The number of rotatable bonds is 4. The lowest BCUT2D eigenvalue weighted by molar-refractivity contribution is 0.315. The monoisotopic (exact) mass is 274 g/mol. The first-order chi connectivity index (χ1) is 9.78. The highest BCUT2D eigenvalue weighted by Gasteiger charge is 2.21. The van der Waals surface area contributed by atoms with Gasteiger partial charge in [-0.05, 0) is 54.0 Å². The first kappa shape index (κ1) is 13.2. The third kappa shape index (κ3) is 2.57. The lowest BCUT2D eigenvalue weighted by atomic mass is 9.83. The van der Waals surface area contributed by atoms with Gasteiger partial charge in [0.05, 0.1) is 11.4 Å². The molecule has 1 aliphatic rings. The summed E-state index contributed by atoms with van der Waals surface area (Å²) in [5.74, 6) is 0.915. The Hall–Kier alpha value is -1.78. The summed E-state index contributed by atoms with van der Waals surface area (Å²) >= 11 is 0. The van der Waals surface area contributed by atoms with Gasteiger partial charge in [-0.2, -0.15) is 0 Å². The van der Waals surface area contributed by atoms with E-state index in [4.69, 9.17) is 10.4 Å². The molecule has 0 amide bonds. The molecule has 0 aliphatic heterocycles. The summed E-state index contributed by atoms with van der Waals surface area (Å²) in [5.41, 5.74) is 8.84. The molecule has 3 rings (SSSR count). The van der Waals surface area contributed by atoms with Gasteiger partial charge in [0.1, 0.15) is 0 Å². The Morgan fingerprint density at radius 2 is 1.95 bits per heavy atom. The van der Waals surface area contributed by atoms with Crippen LogP contribution < -0.4 is 11.1 Å². The number of anilines is 2. The van der Waals surface area contributed by atoms with Crippen molar-refractivity contribution in [3.8, 4) is 0 Å². The molecule has 108 valence electrons. The largest absolute Gasteiger partial charge is 0.397 e. The molecule has 1 aromatic heterocycles. The van der Waals surface area contributed by atoms with Gasteiger partial charge in [-0.3, -0.25) is 0 Å². The van der Waals surface area contributed by atoms with Crippen molar-refractivity contribution in [1.82, 2.24) is 10.3 Å². The van der Waals surface area contributed by atoms with Gasteiger partial charge in [0.25, 0.3) is 0 Å². The fraction of sp³-hybridized carbons (Fsp3) is 0.600. The number of aromatic nitrogens is 2. The van der Waals surface area contributed by atoms with E-state index < -0.39 is 0 Å².